The van der Waals surface area contributed by atoms with Crippen LogP contribution in [0.4, 0.5) is 0 Å². The predicted molar refractivity (Wildman–Crippen MR) is 101 cm³/mol. The van der Waals surface area contributed by atoms with Gasteiger partial charge in [-0.25, -0.2) is 0 Å². The molecule has 0 spiro atoms. The summed E-state index contributed by atoms with van der Waals surface area (Å²) in [6, 6.07) is 0. The summed E-state index contributed by atoms with van der Waals surface area (Å²) in [6.45, 7) is 13.7. The molecule has 1 unspecified atom stereocenters. The molecule has 24 heavy (non-hydrogen) atoms. The van der Waals surface area contributed by atoms with Crippen LogP contribution in [0.1, 0.15) is 59.3 Å². The van der Waals surface area contributed by atoms with Gasteiger partial charge in [-0.05, 0) is 45.2 Å². The lowest BCUT2D eigenvalue weighted by Crippen LogP contribution is -2.43. The number of hydrogen-bond acceptors (Lipinski definition) is 3. The number of hydrogen-bond donors (Lipinski definition) is 2. The second-order valence-corrected chi connectivity index (χ2v) is 7.54. The molecule has 1 atom stereocenters. The van der Waals surface area contributed by atoms with E-state index in [0.29, 0.717) is 6.54 Å². The molecular weight excluding hydrogens is 300 g/mol. The van der Waals surface area contributed by atoms with E-state index < -0.39 is 5.60 Å². The lowest BCUT2D eigenvalue weighted by molar-refractivity contribution is 0.0130. The summed E-state index contributed by atoms with van der Waals surface area (Å²) in [6.07, 6.45) is 6.58. The van der Waals surface area contributed by atoms with Crippen molar-refractivity contribution in [3.8, 4) is 0 Å². The monoisotopic (exact) mass is 338 g/mol. The summed E-state index contributed by atoms with van der Waals surface area (Å²) in [5.74, 6) is 1.73. The molecule has 0 radical (unpaired) electrons. The van der Waals surface area contributed by atoms with Crippen LogP contribution in [-0.2, 0) is 0 Å². The van der Waals surface area contributed by atoms with E-state index in [2.05, 4.69) is 35.9 Å². The van der Waals surface area contributed by atoms with Crippen molar-refractivity contribution < 1.29 is 5.11 Å². The number of nitrogens with one attached hydrogen (secondary N) is 1. The highest BCUT2D eigenvalue weighted by atomic mass is 16.3. The van der Waals surface area contributed by atoms with E-state index >= 15 is 0 Å². The van der Waals surface area contributed by atoms with Gasteiger partial charge in [-0.3, -0.25) is 4.99 Å². The van der Waals surface area contributed by atoms with Crippen LogP contribution in [0.2, 0.25) is 0 Å². The second kappa shape index (κ2) is 9.62. The first-order chi connectivity index (χ1) is 11.6. The van der Waals surface area contributed by atoms with E-state index in [1.165, 1.54) is 19.4 Å². The first kappa shape index (κ1) is 19.5. The maximum absolute atomic E-state index is 10.7. The third-order valence-electron chi connectivity index (χ3n) is 5.64. The van der Waals surface area contributed by atoms with Crippen LogP contribution in [0.5, 0.6) is 0 Å². The fourth-order valence-electron chi connectivity index (χ4n) is 4.04. The topological polar surface area (TPSA) is 51.1 Å². The molecule has 2 N–H and O–H groups in total. The lowest BCUT2D eigenvalue weighted by atomic mass is 9.85. The fraction of sp³-hybridized carbons (Fsp3) is 0.947. The Hall–Kier alpha value is -0.810. The molecule has 2 aliphatic rings. The summed E-state index contributed by atoms with van der Waals surface area (Å²) >= 11 is 0. The number of aliphatic hydroxyl groups is 1. The summed E-state index contributed by atoms with van der Waals surface area (Å²) in [5.41, 5.74) is -0.570. The Morgan fingerprint density at radius 1 is 1.21 bits per heavy atom. The molecule has 0 aromatic rings. The average Bonchev–Trinajstić information content (AvgIpc) is 3.05. The van der Waals surface area contributed by atoms with Gasteiger partial charge in [0.05, 0.1) is 12.1 Å². The highest BCUT2D eigenvalue weighted by Crippen LogP contribution is 2.28. The molecule has 0 amide bonds. The van der Waals surface area contributed by atoms with Gasteiger partial charge in [0.1, 0.15) is 0 Å². The SMILES string of the molecule is CCNC(=NCC1(O)CCCCC1)N1CCC(CN(CC)CC)C1. The van der Waals surface area contributed by atoms with Crippen molar-refractivity contribution in [2.45, 2.75) is 64.9 Å². The highest BCUT2D eigenvalue weighted by molar-refractivity contribution is 5.80. The average molecular weight is 339 g/mol. The van der Waals surface area contributed by atoms with Crippen LogP contribution in [0.15, 0.2) is 4.99 Å². The third kappa shape index (κ3) is 5.62. The van der Waals surface area contributed by atoms with Crippen molar-refractivity contribution in [1.82, 2.24) is 15.1 Å². The van der Waals surface area contributed by atoms with Gasteiger partial charge in [0.2, 0.25) is 0 Å². The Morgan fingerprint density at radius 3 is 2.54 bits per heavy atom. The number of nitrogens with zero attached hydrogens (tertiary/aromatic N) is 3. The molecule has 1 heterocycles. The minimum Gasteiger partial charge on any atom is -0.388 e. The Kier molecular flexibility index (Phi) is 7.82. The highest BCUT2D eigenvalue weighted by Gasteiger charge is 2.30. The molecule has 1 aliphatic heterocycles. The van der Waals surface area contributed by atoms with Crippen molar-refractivity contribution in [3.05, 3.63) is 0 Å². The first-order valence-corrected chi connectivity index (χ1v) is 10.1. The quantitative estimate of drug-likeness (QED) is 0.552. The van der Waals surface area contributed by atoms with Crippen molar-refractivity contribution in [2.24, 2.45) is 10.9 Å². The fourth-order valence-corrected chi connectivity index (χ4v) is 4.04. The van der Waals surface area contributed by atoms with E-state index in [1.54, 1.807) is 0 Å². The van der Waals surface area contributed by atoms with Crippen LogP contribution in [0, 0.1) is 5.92 Å². The van der Waals surface area contributed by atoms with E-state index in [4.69, 9.17) is 4.99 Å². The lowest BCUT2D eigenvalue weighted by Gasteiger charge is -2.31. The zero-order valence-corrected chi connectivity index (χ0v) is 16.1. The molecule has 1 aliphatic carbocycles. The maximum atomic E-state index is 10.7. The molecule has 140 valence electrons. The number of likely N-dealkylation sites (tertiary alicyclic amines) is 1. The molecule has 0 aromatic heterocycles. The Balaban J connectivity index is 1.91. The maximum Gasteiger partial charge on any atom is 0.194 e. The second-order valence-electron chi connectivity index (χ2n) is 7.54. The van der Waals surface area contributed by atoms with Crippen LogP contribution in [0.25, 0.3) is 0 Å². The van der Waals surface area contributed by atoms with Gasteiger partial charge in [0, 0.05) is 26.2 Å². The summed E-state index contributed by atoms with van der Waals surface area (Å²) in [5, 5.41) is 14.1. The molecule has 1 saturated carbocycles. The van der Waals surface area contributed by atoms with E-state index in [9.17, 15) is 5.11 Å². The van der Waals surface area contributed by atoms with E-state index in [-0.39, 0.29) is 0 Å². The van der Waals surface area contributed by atoms with Gasteiger partial charge in [-0.15, -0.1) is 0 Å². The molecule has 1 saturated heterocycles. The van der Waals surface area contributed by atoms with Gasteiger partial charge < -0.3 is 20.2 Å². The van der Waals surface area contributed by atoms with Crippen molar-refractivity contribution >= 4 is 5.96 Å². The van der Waals surface area contributed by atoms with Crippen LogP contribution < -0.4 is 5.32 Å². The molecule has 2 rings (SSSR count). The Labute approximate surface area is 148 Å². The van der Waals surface area contributed by atoms with Gasteiger partial charge in [0.25, 0.3) is 0 Å². The van der Waals surface area contributed by atoms with Crippen molar-refractivity contribution in [1.29, 1.82) is 0 Å². The summed E-state index contributed by atoms with van der Waals surface area (Å²) in [4.78, 5) is 9.72. The molecule has 0 aromatic carbocycles. The largest absolute Gasteiger partial charge is 0.388 e. The molecule has 5 nitrogen and oxygen atoms in total. The van der Waals surface area contributed by atoms with Gasteiger partial charge in [-0.2, -0.15) is 0 Å². The van der Waals surface area contributed by atoms with Crippen LogP contribution in [0.3, 0.4) is 0 Å². The predicted octanol–water partition coefficient (Wildman–Crippen LogP) is 2.31. The van der Waals surface area contributed by atoms with Crippen molar-refractivity contribution in [3.63, 3.8) is 0 Å². The molecule has 2 fully saturated rings. The number of guanidine groups is 1. The minimum absolute atomic E-state index is 0.548. The molecular formula is C19H38N4O. The van der Waals surface area contributed by atoms with Gasteiger partial charge >= 0.3 is 0 Å². The molecule has 0 bridgehead atoms. The van der Waals surface area contributed by atoms with Crippen molar-refractivity contribution in [2.75, 3.05) is 45.8 Å². The van der Waals surface area contributed by atoms with Gasteiger partial charge in [0.15, 0.2) is 5.96 Å². The normalized spacial score (nSPS) is 24.6. The first-order valence-electron chi connectivity index (χ1n) is 10.1. The van der Waals surface area contributed by atoms with E-state index in [1.807, 2.05) is 0 Å². The summed E-state index contributed by atoms with van der Waals surface area (Å²) < 4.78 is 0. The van der Waals surface area contributed by atoms with Crippen LogP contribution >= 0.6 is 0 Å². The third-order valence-corrected chi connectivity index (χ3v) is 5.64. The summed E-state index contributed by atoms with van der Waals surface area (Å²) in [7, 11) is 0. The zero-order chi connectivity index (χ0) is 17.4. The smallest absolute Gasteiger partial charge is 0.194 e. The Bertz CT molecular complexity index is 389. The minimum atomic E-state index is -0.570. The van der Waals surface area contributed by atoms with Gasteiger partial charge in [-0.1, -0.05) is 33.1 Å². The standard InChI is InChI=1S/C19H38N4O/c1-4-20-18(21-16-19(24)11-8-7-9-12-19)23-13-10-17(15-23)14-22(5-2)6-3/h17,24H,4-16H2,1-3H3,(H,20,21). The van der Waals surface area contributed by atoms with Crippen LogP contribution in [-0.4, -0.2) is 72.3 Å². The Morgan fingerprint density at radius 2 is 1.92 bits per heavy atom. The zero-order valence-electron chi connectivity index (χ0n) is 16.1. The number of rotatable bonds is 7. The molecule has 5 heteroatoms. The van der Waals surface area contributed by atoms with E-state index in [0.717, 1.165) is 70.3 Å². The number of aliphatic imine (C=N–C) groups is 1.